The largest absolute Gasteiger partial charge is 0.310 e. The Morgan fingerprint density at radius 2 is 1.04 bits per heavy atom. The first-order valence-corrected chi connectivity index (χ1v) is 20.4. The number of hydrogen-bond donors (Lipinski definition) is 0. The second-order valence-corrected chi connectivity index (χ2v) is 16.5. The van der Waals surface area contributed by atoms with Crippen LogP contribution in [0.15, 0.2) is 127 Å². The van der Waals surface area contributed by atoms with E-state index in [1.165, 1.54) is 113 Å². The number of rotatable bonds is 6. The lowest BCUT2D eigenvalue weighted by Crippen LogP contribution is -2.47. The van der Waals surface area contributed by atoms with Crippen molar-refractivity contribution in [3.05, 3.63) is 150 Å². The van der Waals surface area contributed by atoms with Crippen LogP contribution in [0.3, 0.4) is 0 Å². The van der Waals surface area contributed by atoms with E-state index in [0.29, 0.717) is 11.8 Å². The van der Waals surface area contributed by atoms with Crippen LogP contribution in [0.2, 0.25) is 0 Å². The summed E-state index contributed by atoms with van der Waals surface area (Å²) in [6, 6.07) is 49.6. The van der Waals surface area contributed by atoms with Gasteiger partial charge < -0.3 is 4.90 Å². The average Bonchev–Trinajstić information content (AvgIpc) is 3.88. The van der Waals surface area contributed by atoms with Crippen LogP contribution in [0, 0.1) is 17.8 Å². The van der Waals surface area contributed by atoms with Gasteiger partial charge in [-0.05, 0) is 135 Å². The van der Waals surface area contributed by atoms with Crippen LogP contribution < -0.4 is 4.90 Å². The summed E-state index contributed by atoms with van der Waals surface area (Å²) in [7, 11) is 0. The molecule has 0 N–H and O–H groups in total. The third-order valence-corrected chi connectivity index (χ3v) is 14.4. The molecule has 10 rings (SSSR count). The van der Waals surface area contributed by atoms with Crippen LogP contribution in [-0.4, -0.2) is 0 Å². The molecule has 52 heavy (non-hydrogen) atoms. The Hall–Kier alpha value is -4.62. The van der Waals surface area contributed by atoms with E-state index in [2.05, 4.69) is 153 Å². The molecule has 1 nitrogen and oxygen atoms in total. The van der Waals surface area contributed by atoms with Crippen LogP contribution >= 0.6 is 0 Å². The summed E-state index contributed by atoms with van der Waals surface area (Å²) in [6.45, 7) is 7.33. The molecule has 1 heteroatoms. The molecule has 0 aromatic heterocycles. The Morgan fingerprint density at radius 3 is 1.77 bits per heavy atom. The van der Waals surface area contributed by atoms with Gasteiger partial charge >= 0.3 is 0 Å². The van der Waals surface area contributed by atoms with Crippen molar-refractivity contribution in [2.24, 2.45) is 17.8 Å². The van der Waals surface area contributed by atoms with Gasteiger partial charge in [0.15, 0.2) is 0 Å². The molecule has 6 aromatic carbocycles. The Labute approximate surface area is 310 Å². The lowest BCUT2D eigenvalue weighted by atomic mass is 9.52. The highest BCUT2D eigenvalue weighted by Gasteiger charge is 2.55. The van der Waals surface area contributed by atoms with Crippen molar-refractivity contribution in [1.29, 1.82) is 0 Å². The average molecular weight is 678 g/mol. The molecule has 4 aliphatic carbocycles. The quantitative estimate of drug-likeness (QED) is 0.170. The number of benzene rings is 6. The van der Waals surface area contributed by atoms with Crippen LogP contribution in [0.4, 0.5) is 17.1 Å². The lowest BCUT2D eigenvalue weighted by molar-refractivity contribution is 0.0905. The van der Waals surface area contributed by atoms with Crippen molar-refractivity contribution in [2.75, 3.05) is 4.90 Å². The number of fused-ring (bicyclic) bond motifs is 11. The van der Waals surface area contributed by atoms with Crippen LogP contribution in [0.1, 0.15) is 101 Å². The summed E-state index contributed by atoms with van der Waals surface area (Å²) in [4.78, 5) is 2.56. The molecule has 0 aliphatic heterocycles. The molecule has 6 aromatic rings. The molecule has 2 spiro atoms. The molecule has 2 atom stereocenters. The minimum atomic E-state index is 0.0849. The molecule has 0 amide bonds. The van der Waals surface area contributed by atoms with Crippen molar-refractivity contribution in [3.8, 4) is 22.3 Å². The van der Waals surface area contributed by atoms with E-state index in [4.69, 9.17) is 0 Å². The zero-order valence-corrected chi connectivity index (χ0v) is 31.2. The van der Waals surface area contributed by atoms with E-state index in [0.717, 1.165) is 5.92 Å². The number of anilines is 3. The molecule has 4 aliphatic rings. The maximum Gasteiger partial charge on any atom is 0.0468 e. The van der Waals surface area contributed by atoms with Gasteiger partial charge in [0.25, 0.3) is 0 Å². The van der Waals surface area contributed by atoms with Gasteiger partial charge in [-0.15, -0.1) is 0 Å². The minimum Gasteiger partial charge on any atom is -0.310 e. The summed E-state index contributed by atoms with van der Waals surface area (Å²) >= 11 is 0. The van der Waals surface area contributed by atoms with Gasteiger partial charge in [-0.1, -0.05) is 144 Å². The van der Waals surface area contributed by atoms with Crippen molar-refractivity contribution in [1.82, 2.24) is 0 Å². The smallest absolute Gasteiger partial charge is 0.0468 e. The second kappa shape index (κ2) is 12.2. The Kier molecular flexibility index (Phi) is 7.54. The molecule has 0 bridgehead atoms. The van der Waals surface area contributed by atoms with Gasteiger partial charge in [0, 0.05) is 27.9 Å². The van der Waals surface area contributed by atoms with Crippen LogP contribution in [0.5, 0.6) is 0 Å². The maximum absolute atomic E-state index is 2.57. The third-order valence-electron chi connectivity index (χ3n) is 14.4. The van der Waals surface area contributed by atoms with Crippen LogP contribution in [0.25, 0.3) is 33.0 Å². The van der Waals surface area contributed by atoms with Crippen molar-refractivity contribution >= 4 is 27.8 Å². The Morgan fingerprint density at radius 1 is 0.481 bits per heavy atom. The van der Waals surface area contributed by atoms with Gasteiger partial charge in [0.2, 0.25) is 0 Å². The van der Waals surface area contributed by atoms with Gasteiger partial charge in [-0.2, -0.15) is 0 Å². The molecule has 2 unspecified atom stereocenters. The highest BCUT2D eigenvalue weighted by molar-refractivity contribution is 5.93. The second-order valence-electron chi connectivity index (χ2n) is 16.5. The summed E-state index contributed by atoms with van der Waals surface area (Å²) in [6.07, 6.45) is 11.5. The zero-order valence-electron chi connectivity index (χ0n) is 31.2. The van der Waals surface area contributed by atoms with E-state index in [1.54, 1.807) is 16.7 Å². The molecule has 2 fully saturated rings. The third kappa shape index (κ3) is 4.41. The first-order valence-electron chi connectivity index (χ1n) is 20.4. The number of nitrogens with zero attached hydrogens (tertiary/aromatic N) is 1. The Balaban J connectivity index is 1.18. The fraction of sp³-hybridized carbons (Fsp3) is 0.333. The molecule has 0 radical (unpaired) electrons. The normalized spacial score (nSPS) is 23.5. The SMILES string of the molecule is CCC1CC(CC)C2(c3ccccc3-c3cc(N(c4ccc5c(c4)C4(CCCC4)c4ccccc4-5)c4ccc5ccccc5c4)ccc32)C(CC)C1. The highest BCUT2D eigenvalue weighted by Crippen LogP contribution is 2.64. The van der Waals surface area contributed by atoms with Crippen LogP contribution in [-0.2, 0) is 10.8 Å². The van der Waals surface area contributed by atoms with Gasteiger partial charge in [-0.25, -0.2) is 0 Å². The number of hydrogen-bond acceptors (Lipinski definition) is 1. The maximum atomic E-state index is 2.57. The first-order chi connectivity index (χ1) is 25.6. The minimum absolute atomic E-state index is 0.0849. The molecule has 2 saturated carbocycles. The fourth-order valence-electron chi connectivity index (χ4n) is 12.1. The monoisotopic (exact) mass is 677 g/mol. The van der Waals surface area contributed by atoms with E-state index >= 15 is 0 Å². The van der Waals surface area contributed by atoms with Crippen molar-refractivity contribution in [3.63, 3.8) is 0 Å². The zero-order chi connectivity index (χ0) is 35.0. The molecule has 0 heterocycles. The van der Waals surface area contributed by atoms with Gasteiger partial charge in [0.1, 0.15) is 0 Å². The molecule has 0 saturated heterocycles. The predicted molar refractivity (Wildman–Crippen MR) is 220 cm³/mol. The fourth-order valence-corrected chi connectivity index (χ4v) is 12.1. The first kappa shape index (κ1) is 32.1. The summed E-state index contributed by atoms with van der Waals surface area (Å²) in [5.41, 5.74) is 16.0. The van der Waals surface area contributed by atoms with Crippen molar-refractivity contribution in [2.45, 2.75) is 89.4 Å². The molecular formula is C51H51N. The summed E-state index contributed by atoms with van der Waals surface area (Å²) in [5.74, 6) is 2.14. The van der Waals surface area contributed by atoms with E-state index in [1.807, 2.05) is 0 Å². The van der Waals surface area contributed by atoms with Crippen molar-refractivity contribution < 1.29 is 0 Å². The van der Waals surface area contributed by atoms with E-state index in [-0.39, 0.29) is 10.8 Å². The standard InChI is InChI=1S/C51H51N/c1-4-34-29-37(5-2)51(38(6-3)30-34)47-20-12-10-18-43(47)45-32-40(24-26-48(45)51)52(39-22-21-35-15-7-8-16-36(35)31-39)41-23-25-44-42-17-9-11-19-46(42)50(49(44)33-41)27-13-14-28-50/h7-12,15-26,31-34,37-38H,4-6,13-14,27-30H2,1-3H3. The van der Waals surface area contributed by atoms with E-state index < -0.39 is 0 Å². The molecule has 260 valence electrons. The lowest BCUT2D eigenvalue weighted by Gasteiger charge is -2.51. The summed E-state index contributed by atoms with van der Waals surface area (Å²) < 4.78 is 0. The molecular weight excluding hydrogens is 627 g/mol. The van der Waals surface area contributed by atoms with E-state index in [9.17, 15) is 0 Å². The summed E-state index contributed by atoms with van der Waals surface area (Å²) in [5, 5.41) is 2.56. The predicted octanol–water partition coefficient (Wildman–Crippen LogP) is 14.3. The topological polar surface area (TPSA) is 3.24 Å². The van der Waals surface area contributed by atoms with Gasteiger partial charge in [-0.3, -0.25) is 0 Å². The highest BCUT2D eigenvalue weighted by atomic mass is 15.1. The van der Waals surface area contributed by atoms with Gasteiger partial charge in [0.05, 0.1) is 0 Å². The Bertz CT molecular complexity index is 2310.